The van der Waals surface area contributed by atoms with E-state index < -0.39 is 6.01 Å². The summed E-state index contributed by atoms with van der Waals surface area (Å²) in [6.07, 6.45) is 4.21. The molecule has 1 atom stereocenters. The van der Waals surface area contributed by atoms with E-state index in [2.05, 4.69) is 15.5 Å². The quantitative estimate of drug-likeness (QED) is 0.173. The van der Waals surface area contributed by atoms with Gasteiger partial charge in [-0.05, 0) is 36.6 Å². The smallest absolute Gasteiger partial charge is 0.348 e. The fourth-order valence-electron chi connectivity index (χ4n) is 5.46. The van der Waals surface area contributed by atoms with Gasteiger partial charge in [0, 0.05) is 42.8 Å². The van der Waals surface area contributed by atoms with E-state index in [1.54, 1.807) is 18.2 Å². The lowest BCUT2D eigenvalue weighted by Gasteiger charge is -2.29. The minimum atomic E-state index is -0.688. The molecule has 0 bridgehead atoms. The second-order valence-corrected chi connectivity index (χ2v) is 12.0. The maximum absolute atomic E-state index is 13.7. The van der Waals surface area contributed by atoms with Crippen molar-refractivity contribution in [3.8, 4) is 5.88 Å². The second-order valence-electron chi connectivity index (χ2n) is 10.6. The number of imidazole rings is 1. The van der Waals surface area contributed by atoms with Crippen LogP contribution in [0.5, 0.6) is 5.88 Å². The van der Waals surface area contributed by atoms with Gasteiger partial charge in [-0.15, -0.1) is 11.3 Å². The largest absolute Gasteiger partial charge is 0.473 e. The molecule has 222 valence electrons. The van der Waals surface area contributed by atoms with Crippen molar-refractivity contribution in [2.75, 3.05) is 26.8 Å². The molecule has 1 saturated heterocycles. The molecule has 6 heterocycles. The molecular formula is C31H28ClFN4O5S. The van der Waals surface area contributed by atoms with Gasteiger partial charge in [0.1, 0.15) is 27.7 Å². The predicted molar refractivity (Wildman–Crippen MR) is 161 cm³/mol. The molecule has 2 aliphatic heterocycles. The van der Waals surface area contributed by atoms with Crippen LogP contribution >= 0.6 is 22.9 Å². The van der Waals surface area contributed by atoms with Crippen molar-refractivity contribution in [3.05, 3.63) is 81.5 Å². The van der Waals surface area contributed by atoms with Crippen molar-refractivity contribution >= 4 is 55.8 Å². The number of thiophene rings is 1. The van der Waals surface area contributed by atoms with Crippen LogP contribution in [0.2, 0.25) is 5.02 Å². The SMILES string of the molecule is COC(=O)c1cc2c(nc(CN3CC=C(c4cccc(OCc5ccc(Cl)c6cc(F)oc56)n4)CC3)n2C[C@@H]2CCO2)s1. The lowest BCUT2D eigenvalue weighted by molar-refractivity contribution is -0.0591. The highest BCUT2D eigenvalue weighted by molar-refractivity contribution is 7.20. The first-order chi connectivity index (χ1) is 20.9. The molecule has 0 N–H and O–H groups in total. The second kappa shape index (κ2) is 11.7. The van der Waals surface area contributed by atoms with Gasteiger partial charge in [-0.25, -0.2) is 14.8 Å². The molecular weight excluding hydrogens is 595 g/mol. The van der Waals surface area contributed by atoms with Gasteiger partial charge >= 0.3 is 5.97 Å². The van der Waals surface area contributed by atoms with Gasteiger partial charge in [-0.3, -0.25) is 4.90 Å². The summed E-state index contributed by atoms with van der Waals surface area (Å²) in [6.45, 7) is 3.95. The number of nitrogens with zero attached hydrogens (tertiary/aromatic N) is 4. The highest BCUT2D eigenvalue weighted by atomic mass is 35.5. The van der Waals surface area contributed by atoms with Crippen molar-refractivity contribution in [2.24, 2.45) is 0 Å². The fourth-order valence-corrected chi connectivity index (χ4v) is 6.64. The van der Waals surface area contributed by atoms with Gasteiger partial charge in [-0.1, -0.05) is 29.8 Å². The number of halogens is 2. The standard InChI is InChI=1S/C31H28ClFN4O5S/c1-39-31(38)25-14-24-30(43-25)35-27(37(24)15-20-9-12-40-20)16-36-10-7-18(8-11-36)23-3-2-4-28(34-23)41-17-19-5-6-22(32)21-13-26(33)42-29(19)21/h2-7,13-14,20H,8-12,15-17H2,1H3/t20-/m0/s1. The normalized spacial score (nSPS) is 17.3. The number of aromatic nitrogens is 3. The van der Waals surface area contributed by atoms with Crippen LogP contribution in [0.25, 0.3) is 26.9 Å². The van der Waals surface area contributed by atoms with E-state index in [0.29, 0.717) is 45.4 Å². The fraction of sp³-hybridized carbons (Fsp3) is 0.323. The van der Waals surface area contributed by atoms with E-state index in [4.69, 9.17) is 40.2 Å². The summed E-state index contributed by atoms with van der Waals surface area (Å²) in [6, 6.07) is 11.6. The summed E-state index contributed by atoms with van der Waals surface area (Å²) >= 11 is 7.54. The topological polar surface area (TPSA) is 91.9 Å². The maximum atomic E-state index is 13.7. The van der Waals surface area contributed by atoms with Crippen LogP contribution in [0.3, 0.4) is 0 Å². The number of ether oxygens (including phenoxy) is 3. The molecule has 1 fully saturated rings. The molecule has 7 rings (SSSR count). The van der Waals surface area contributed by atoms with Crippen molar-refractivity contribution in [1.82, 2.24) is 19.4 Å². The van der Waals surface area contributed by atoms with E-state index in [1.165, 1.54) is 24.5 Å². The first kappa shape index (κ1) is 28.0. The van der Waals surface area contributed by atoms with Gasteiger partial charge in [0.15, 0.2) is 0 Å². The van der Waals surface area contributed by atoms with Crippen LogP contribution in [0.1, 0.15) is 39.6 Å². The third-order valence-electron chi connectivity index (χ3n) is 7.86. The van der Waals surface area contributed by atoms with Crippen molar-refractivity contribution in [3.63, 3.8) is 0 Å². The van der Waals surface area contributed by atoms with Crippen LogP contribution in [0, 0.1) is 6.01 Å². The minimum Gasteiger partial charge on any atom is -0.473 e. The average Bonchev–Trinajstić information content (AvgIpc) is 3.68. The maximum Gasteiger partial charge on any atom is 0.348 e. The average molecular weight is 623 g/mol. The number of fused-ring (bicyclic) bond motifs is 2. The Morgan fingerprint density at radius 2 is 2.12 bits per heavy atom. The van der Waals surface area contributed by atoms with Crippen molar-refractivity contribution in [2.45, 2.75) is 38.6 Å². The molecule has 0 spiro atoms. The highest BCUT2D eigenvalue weighted by Crippen LogP contribution is 2.32. The number of benzene rings is 1. The zero-order valence-electron chi connectivity index (χ0n) is 23.3. The van der Waals surface area contributed by atoms with Crippen LogP contribution in [0.4, 0.5) is 4.39 Å². The summed E-state index contributed by atoms with van der Waals surface area (Å²) < 4.78 is 37.7. The molecule has 9 nitrogen and oxygen atoms in total. The minimum absolute atomic E-state index is 0.164. The Bertz CT molecular complexity index is 1860. The molecule has 0 aliphatic carbocycles. The number of hydrogen-bond acceptors (Lipinski definition) is 9. The zero-order valence-corrected chi connectivity index (χ0v) is 24.9. The number of methoxy groups -OCH3 is 1. The summed E-state index contributed by atoms with van der Waals surface area (Å²) in [5.74, 6) is 1.09. The number of furan rings is 1. The van der Waals surface area contributed by atoms with Gasteiger partial charge in [0.25, 0.3) is 6.01 Å². The molecule has 2 aliphatic rings. The lowest BCUT2D eigenvalue weighted by atomic mass is 10.0. The van der Waals surface area contributed by atoms with E-state index in [0.717, 1.165) is 60.0 Å². The molecule has 0 saturated carbocycles. The molecule has 1 aromatic carbocycles. The molecule has 5 aromatic rings. The number of hydrogen-bond donors (Lipinski definition) is 0. The van der Waals surface area contributed by atoms with E-state index in [-0.39, 0.29) is 18.7 Å². The third kappa shape index (κ3) is 5.65. The molecule has 43 heavy (non-hydrogen) atoms. The van der Waals surface area contributed by atoms with Gasteiger partial charge in [0.2, 0.25) is 5.88 Å². The number of carbonyl (C=O) groups excluding carboxylic acids is 1. The third-order valence-corrected chi connectivity index (χ3v) is 9.19. The molecule has 0 radical (unpaired) electrons. The molecule has 12 heteroatoms. The van der Waals surface area contributed by atoms with Gasteiger partial charge in [0.05, 0.1) is 42.5 Å². The van der Waals surface area contributed by atoms with E-state index in [1.807, 2.05) is 18.2 Å². The first-order valence-corrected chi connectivity index (χ1v) is 15.2. The number of pyridine rings is 1. The van der Waals surface area contributed by atoms with Crippen molar-refractivity contribution in [1.29, 1.82) is 0 Å². The Morgan fingerprint density at radius 1 is 1.23 bits per heavy atom. The summed E-state index contributed by atoms with van der Waals surface area (Å²) in [5, 5.41) is 0.942. The Morgan fingerprint density at radius 3 is 2.88 bits per heavy atom. The Labute approximate surface area is 255 Å². The van der Waals surface area contributed by atoms with E-state index >= 15 is 0 Å². The Balaban J connectivity index is 1.04. The lowest BCUT2D eigenvalue weighted by Crippen LogP contribution is -2.33. The number of carbonyl (C=O) groups is 1. The van der Waals surface area contributed by atoms with Crippen LogP contribution in [-0.2, 0) is 29.2 Å². The van der Waals surface area contributed by atoms with Crippen LogP contribution < -0.4 is 4.74 Å². The van der Waals surface area contributed by atoms with Crippen molar-refractivity contribution < 1.29 is 27.8 Å². The predicted octanol–water partition coefficient (Wildman–Crippen LogP) is 6.48. The summed E-state index contributed by atoms with van der Waals surface area (Å²) in [4.78, 5) is 25.5. The van der Waals surface area contributed by atoms with Gasteiger partial charge < -0.3 is 23.2 Å². The zero-order chi connectivity index (χ0) is 29.5. The number of esters is 1. The molecule has 0 unspecified atom stereocenters. The van der Waals surface area contributed by atoms with E-state index in [9.17, 15) is 9.18 Å². The summed E-state index contributed by atoms with van der Waals surface area (Å²) in [7, 11) is 1.39. The van der Waals surface area contributed by atoms with Gasteiger partial charge in [-0.2, -0.15) is 4.39 Å². The van der Waals surface area contributed by atoms with Crippen LogP contribution in [0.15, 0.2) is 53.0 Å². The number of rotatable bonds is 9. The Kier molecular flexibility index (Phi) is 7.64. The summed E-state index contributed by atoms with van der Waals surface area (Å²) in [5.41, 5.74) is 4.02. The monoisotopic (exact) mass is 622 g/mol. The Hall–Kier alpha value is -3.77. The highest BCUT2D eigenvalue weighted by Gasteiger charge is 2.25. The van der Waals surface area contributed by atoms with Crippen LogP contribution in [-0.4, -0.2) is 58.3 Å². The molecule has 0 amide bonds. The molecule has 4 aromatic heterocycles. The first-order valence-electron chi connectivity index (χ1n) is 14.0.